The molecular formula is C12H10N2O3. The van der Waals surface area contributed by atoms with E-state index in [1.54, 1.807) is 18.2 Å². The monoisotopic (exact) mass is 230 g/mol. The Labute approximate surface area is 97.6 Å². The van der Waals surface area contributed by atoms with E-state index in [0.717, 1.165) is 5.56 Å². The standard InChI is InChI=1S/C12H10N2O3/c1-16-11(15)4-2-3-8-5-6-10-9(7-8)14-12(13)17-10/h5-7H,4H2,1H3,(H2,13,14). The maximum absolute atomic E-state index is 10.8. The molecule has 0 fully saturated rings. The lowest BCUT2D eigenvalue weighted by Gasteiger charge is -1.90. The van der Waals surface area contributed by atoms with Crippen LogP contribution in [0.25, 0.3) is 11.1 Å². The van der Waals surface area contributed by atoms with Crippen LogP contribution in [0.4, 0.5) is 6.01 Å². The molecule has 2 aromatic rings. The van der Waals surface area contributed by atoms with Crippen molar-refractivity contribution in [2.24, 2.45) is 0 Å². The summed E-state index contributed by atoms with van der Waals surface area (Å²) in [7, 11) is 1.33. The molecule has 5 heteroatoms. The van der Waals surface area contributed by atoms with Crippen LogP contribution in [0.1, 0.15) is 12.0 Å². The SMILES string of the molecule is COC(=O)CC#Cc1ccc2oc(N)nc2c1. The number of hydrogen-bond acceptors (Lipinski definition) is 5. The summed E-state index contributed by atoms with van der Waals surface area (Å²) < 4.78 is 9.60. The molecule has 0 saturated heterocycles. The van der Waals surface area contributed by atoms with Gasteiger partial charge in [0.05, 0.1) is 7.11 Å². The van der Waals surface area contributed by atoms with Crippen LogP contribution >= 0.6 is 0 Å². The Kier molecular flexibility index (Phi) is 2.97. The lowest BCUT2D eigenvalue weighted by Crippen LogP contribution is -1.96. The van der Waals surface area contributed by atoms with Crippen LogP contribution in [-0.2, 0) is 9.53 Å². The zero-order chi connectivity index (χ0) is 12.3. The molecule has 5 nitrogen and oxygen atoms in total. The number of nitrogens with zero attached hydrogens (tertiary/aromatic N) is 1. The summed E-state index contributed by atoms with van der Waals surface area (Å²) >= 11 is 0. The third-order valence-corrected chi connectivity index (χ3v) is 2.10. The van der Waals surface area contributed by atoms with E-state index in [9.17, 15) is 4.79 Å². The number of esters is 1. The van der Waals surface area contributed by atoms with Crippen molar-refractivity contribution in [3.63, 3.8) is 0 Å². The van der Waals surface area contributed by atoms with Gasteiger partial charge >= 0.3 is 5.97 Å². The van der Waals surface area contributed by atoms with Crippen molar-refractivity contribution in [1.29, 1.82) is 0 Å². The quantitative estimate of drug-likeness (QED) is 0.590. The molecule has 0 aliphatic heterocycles. The highest BCUT2D eigenvalue weighted by atomic mass is 16.5. The van der Waals surface area contributed by atoms with Crippen molar-refractivity contribution in [2.45, 2.75) is 6.42 Å². The molecule has 0 bridgehead atoms. The van der Waals surface area contributed by atoms with Crippen LogP contribution in [0.3, 0.4) is 0 Å². The zero-order valence-electron chi connectivity index (χ0n) is 9.19. The molecule has 1 aromatic heterocycles. The van der Waals surface area contributed by atoms with E-state index in [0.29, 0.717) is 11.1 Å². The van der Waals surface area contributed by atoms with Crippen LogP contribution in [0.2, 0.25) is 0 Å². The summed E-state index contributed by atoms with van der Waals surface area (Å²) in [5.41, 5.74) is 7.43. The van der Waals surface area contributed by atoms with E-state index in [4.69, 9.17) is 10.2 Å². The highest BCUT2D eigenvalue weighted by Gasteiger charge is 2.02. The van der Waals surface area contributed by atoms with Gasteiger partial charge in [-0.3, -0.25) is 4.79 Å². The van der Waals surface area contributed by atoms with Gasteiger partial charge in [0.1, 0.15) is 11.9 Å². The number of fused-ring (bicyclic) bond motifs is 1. The lowest BCUT2D eigenvalue weighted by atomic mass is 10.2. The Morgan fingerprint density at radius 1 is 1.59 bits per heavy atom. The third kappa shape index (κ3) is 2.55. The molecule has 86 valence electrons. The Morgan fingerprint density at radius 3 is 3.18 bits per heavy atom. The smallest absolute Gasteiger partial charge is 0.317 e. The van der Waals surface area contributed by atoms with E-state index in [2.05, 4.69) is 21.6 Å². The van der Waals surface area contributed by atoms with Gasteiger partial charge < -0.3 is 14.9 Å². The molecule has 0 unspecified atom stereocenters. The molecule has 17 heavy (non-hydrogen) atoms. The Balaban J connectivity index is 2.21. The lowest BCUT2D eigenvalue weighted by molar-refractivity contribution is -0.139. The Morgan fingerprint density at radius 2 is 2.41 bits per heavy atom. The number of aromatic nitrogens is 1. The van der Waals surface area contributed by atoms with Gasteiger partial charge in [-0.25, -0.2) is 0 Å². The number of carbonyl (C=O) groups excluding carboxylic acids is 1. The number of benzene rings is 1. The fourth-order valence-corrected chi connectivity index (χ4v) is 1.31. The minimum absolute atomic E-state index is 0.0650. The van der Waals surface area contributed by atoms with E-state index >= 15 is 0 Å². The van der Waals surface area contributed by atoms with Crippen LogP contribution in [0, 0.1) is 11.8 Å². The van der Waals surface area contributed by atoms with E-state index in [1.165, 1.54) is 7.11 Å². The van der Waals surface area contributed by atoms with Crippen LogP contribution in [0.15, 0.2) is 22.6 Å². The molecule has 2 N–H and O–H groups in total. The van der Waals surface area contributed by atoms with Gasteiger partial charge in [0, 0.05) is 5.56 Å². The molecule has 0 radical (unpaired) electrons. The van der Waals surface area contributed by atoms with E-state index in [-0.39, 0.29) is 18.4 Å². The predicted octanol–water partition coefficient (Wildman–Crippen LogP) is 1.32. The molecule has 0 spiro atoms. The molecule has 0 aliphatic rings. The molecule has 2 rings (SSSR count). The second-order valence-electron chi connectivity index (χ2n) is 3.29. The number of hydrogen-bond donors (Lipinski definition) is 1. The topological polar surface area (TPSA) is 78.3 Å². The number of nitrogen functional groups attached to an aromatic ring is 1. The number of nitrogens with two attached hydrogens (primary N) is 1. The molecule has 0 aliphatic carbocycles. The van der Waals surface area contributed by atoms with Crippen molar-refractivity contribution < 1.29 is 13.9 Å². The first kappa shape index (κ1) is 11.0. The van der Waals surface area contributed by atoms with Gasteiger partial charge in [-0.15, -0.1) is 0 Å². The van der Waals surface area contributed by atoms with Crippen LogP contribution < -0.4 is 5.73 Å². The summed E-state index contributed by atoms with van der Waals surface area (Å²) in [4.78, 5) is 14.8. The van der Waals surface area contributed by atoms with E-state index < -0.39 is 0 Å². The number of anilines is 1. The summed E-state index contributed by atoms with van der Waals surface area (Å²) in [5, 5.41) is 0. The number of carbonyl (C=O) groups is 1. The average Bonchev–Trinajstić information content (AvgIpc) is 2.68. The Bertz CT molecular complexity index is 619. The number of methoxy groups -OCH3 is 1. The van der Waals surface area contributed by atoms with Crippen molar-refractivity contribution in [2.75, 3.05) is 12.8 Å². The zero-order valence-corrected chi connectivity index (χ0v) is 9.19. The van der Waals surface area contributed by atoms with Crippen molar-refractivity contribution in [3.05, 3.63) is 23.8 Å². The highest BCUT2D eigenvalue weighted by Crippen LogP contribution is 2.17. The predicted molar refractivity (Wildman–Crippen MR) is 61.9 cm³/mol. The first-order valence-electron chi connectivity index (χ1n) is 4.91. The van der Waals surface area contributed by atoms with Crippen molar-refractivity contribution in [1.82, 2.24) is 4.98 Å². The Hall–Kier alpha value is -2.48. The van der Waals surface area contributed by atoms with Gasteiger partial charge in [0.15, 0.2) is 5.58 Å². The summed E-state index contributed by atoms with van der Waals surface area (Å²) in [6.45, 7) is 0. The van der Waals surface area contributed by atoms with Crippen molar-refractivity contribution in [3.8, 4) is 11.8 Å². The van der Waals surface area contributed by atoms with Gasteiger partial charge in [0.25, 0.3) is 6.01 Å². The summed E-state index contributed by atoms with van der Waals surface area (Å²) in [5.74, 6) is 5.19. The molecule has 0 atom stereocenters. The molecule has 1 aromatic carbocycles. The fraction of sp³-hybridized carbons (Fsp3) is 0.167. The maximum Gasteiger partial charge on any atom is 0.317 e. The van der Waals surface area contributed by atoms with Crippen LogP contribution in [-0.4, -0.2) is 18.1 Å². The molecule has 1 heterocycles. The third-order valence-electron chi connectivity index (χ3n) is 2.10. The first-order valence-corrected chi connectivity index (χ1v) is 4.91. The second kappa shape index (κ2) is 4.58. The fourth-order valence-electron chi connectivity index (χ4n) is 1.31. The van der Waals surface area contributed by atoms with Gasteiger partial charge in [-0.1, -0.05) is 11.8 Å². The first-order chi connectivity index (χ1) is 8.19. The van der Waals surface area contributed by atoms with E-state index in [1.807, 2.05) is 0 Å². The largest absolute Gasteiger partial charge is 0.468 e. The van der Waals surface area contributed by atoms with Crippen molar-refractivity contribution >= 4 is 23.1 Å². The minimum atomic E-state index is -0.357. The summed E-state index contributed by atoms with van der Waals surface area (Å²) in [6.07, 6.45) is 0.0650. The van der Waals surface area contributed by atoms with Gasteiger partial charge in [0.2, 0.25) is 0 Å². The maximum atomic E-state index is 10.8. The highest BCUT2D eigenvalue weighted by molar-refractivity contribution is 5.76. The van der Waals surface area contributed by atoms with Crippen LogP contribution in [0.5, 0.6) is 0 Å². The minimum Gasteiger partial charge on any atom is -0.468 e. The second-order valence-corrected chi connectivity index (χ2v) is 3.29. The number of rotatable bonds is 1. The number of oxazole rings is 1. The number of ether oxygens (including phenoxy) is 1. The summed E-state index contributed by atoms with van der Waals surface area (Å²) in [6, 6.07) is 5.39. The molecule has 0 saturated carbocycles. The van der Waals surface area contributed by atoms with Gasteiger partial charge in [-0.05, 0) is 18.2 Å². The molecule has 0 amide bonds. The van der Waals surface area contributed by atoms with Gasteiger partial charge in [-0.2, -0.15) is 4.98 Å². The normalized spacial score (nSPS) is 9.71. The average molecular weight is 230 g/mol. The molecular weight excluding hydrogens is 220 g/mol.